The molecule has 0 amide bonds. The van der Waals surface area contributed by atoms with Crippen LogP contribution < -0.4 is 0 Å². The highest BCUT2D eigenvalue weighted by Gasteiger charge is 2.22. The Bertz CT molecular complexity index is 485. The van der Waals surface area contributed by atoms with Crippen molar-refractivity contribution in [3.63, 3.8) is 0 Å². The largest absolute Gasteiger partial charge is 0.481 e. The third-order valence-electron chi connectivity index (χ3n) is 2.22. The predicted octanol–water partition coefficient (Wildman–Crippen LogP) is 2.18. The van der Waals surface area contributed by atoms with E-state index in [9.17, 15) is 14.4 Å². The van der Waals surface area contributed by atoms with Gasteiger partial charge in [-0.15, -0.1) is 11.8 Å². The van der Waals surface area contributed by atoms with Gasteiger partial charge < -0.3 is 10.2 Å². The number of halogens is 1. The van der Waals surface area contributed by atoms with Gasteiger partial charge in [0.1, 0.15) is 5.25 Å². The summed E-state index contributed by atoms with van der Waals surface area (Å²) in [4.78, 5) is 33.1. The second-order valence-electron chi connectivity index (χ2n) is 3.67. The molecule has 5 nitrogen and oxygen atoms in total. The van der Waals surface area contributed by atoms with Crippen LogP contribution in [0.4, 0.5) is 0 Å². The van der Waals surface area contributed by atoms with Crippen LogP contribution in [0.3, 0.4) is 0 Å². The lowest BCUT2D eigenvalue weighted by molar-refractivity contribution is -0.142. The van der Waals surface area contributed by atoms with E-state index in [1.165, 1.54) is 12.1 Å². The normalized spacial score (nSPS) is 11.8. The van der Waals surface area contributed by atoms with Crippen molar-refractivity contribution < 1.29 is 24.6 Å². The summed E-state index contributed by atoms with van der Waals surface area (Å²) in [6, 6.07) is 6.20. The van der Waals surface area contributed by atoms with Gasteiger partial charge in [-0.25, -0.2) is 0 Å². The molecule has 0 spiro atoms. The number of carboxylic acids is 2. The van der Waals surface area contributed by atoms with Crippen LogP contribution in [0.2, 0.25) is 5.02 Å². The number of hydrogen-bond acceptors (Lipinski definition) is 4. The van der Waals surface area contributed by atoms with E-state index in [4.69, 9.17) is 21.8 Å². The van der Waals surface area contributed by atoms with Crippen LogP contribution in [0, 0.1) is 0 Å². The Hall–Kier alpha value is -1.53. The summed E-state index contributed by atoms with van der Waals surface area (Å²) in [7, 11) is 0. The summed E-state index contributed by atoms with van der Waals surface area (Å²) in [5.41, 5.74) is 0.413. The lowest BCUT2D eigenvalue weighted by Gasteiger charge is -2.08. The molecule has 0 saturated carbocycles. The number of carboxylic acid groups (broad SMARTS) is 2. The number of Topliss-reactive ketones (excluding diaryl/α,β-unsaturated/α-hetero) is 1. The lowest BCUT2D eigenvalue weighted by Crippen LogP contribution is -2.22. The average Bonchev–Trinajstić information content (AvgIpc) is 2.34. The summed E-state index contributed by atoms with van der Waals surface area (Å²) >= 11 is 6.49. The van der Waals surface area contributed by atoms with E-state index in [0.717, 1.165) is 11.8 Å². The highest BCUT2D eigenvalue weighted by Crippen LogP contribution is 2.18. The molecule has 19 heavy (non-hydrogen) atoms. The summed E-state index contributed by atoms with van der Waals surface area (Å²) in [6.45, 7) is 0. The molecule has 0 radical (unpaired) electrons. The van der Waals surface area contributed by atoms with E-state index in [1.807, 2.05) is 0 Å². The molecule has 0 aliphatic rings. The van der Waals surface area contributed by atoms with Crippen molar-refractivity contribution in [2.75, 3.05) is 5.75 Å². The van der Waals surface area contributed by atoms with Gasteiger partial charge in [-0.2, -0.15) is 0 Å². The van der Waals surface area contributed by atoms with Gasteiger partial charge in [0.15, 0.2) is 5.78 Å². The molecular weight excluding hydrogens is 292 g/mol. The maximum atomic E-state index is 11.8. The Labute approximate surface area is 118 Å². The molecule has 102 valence electrons. The molecule has 0 saturated heterocycles. The Morgan fingerprint density at radius 3 is 2.21 bits per heavy atom. The monoisotopic (exact) mass is 302 g/mol. The van der Waals surface area contributed by atoms with Gasteiger partial charge in [0.25, 0.3) is 0 Å². The maximum absolute atomic E-state index is 11.8. The SMILES string of the molecule is O=C(O)C[C@@H](SCC(=O)c1ccc(Cl)cc1)C(=O)O. The quantitative estimate of drug-likeness (QED) is 0.750. The van der Waals surface area contributed by atoms with Crippen LogP contribution in [0.25, 0.3) is 0 Å². The van der Waals surface area contributed by atoms with Crippen LogP contribution in [-0.2, 0) is 9.59 Å². The van der Waals surface area contributed by atoms with E-state index >= 15 is 0 Å². The molecule has 0 aliphatic heterocycles. The molecule has 1 atom stereocenters. The molecular formula is C12H11ClO5S. The maximum Gasteiger partial charge on any atom is 0.317 e. The van der Waals surface area contributed by atoms with Crippen molar-refractivity contribution in [2.24, 2.45) is 0 Å². The van der Waals surface area contributed by atoms with Gasteiger partial charge in [-0.1, -0.05) is 11.6 Å². The zero-order chi connectivity index (χ0) is 14.4. The predicted molar refractivity (Wildman–Crippen MR) is 71.9 cm³/mol. The zero-order valence-electron chi connectivity index (χ0n) is 9.71. The van der Waals surface area contributed by atoms with Gasteiger partial charge >= 0.3 is 11.9 Å². The van der Waals surface area contributed by atoms with E-state index in [0.29, 0.717) is 10.6 Å². The molecule has 0 heterocycles. The Morgan fingerprint density at radius 1 is 1.16 bits per heavy atom. The number of benzene rings is 1. The number of aliphatic carboxylic acids is 2. The highest BCUT2D eigenvalue weighted by atomic mass is 35.5. The Kier molecular flexibility index (Phi) is 5.85. The van der Waals surface area contributed by atoms with Crippen LogP contribution in [0.5, 0.6) is 0 Å². The van der Waals surface area contributed by atoms with Gasteiger partial charge in [-0.05, 0) is 24.3 Å². The van der Waals surface area contributed by atoms with Gasteiger partial charge in [0.2, 0.25) is 0 Å². The molecule has 0 fully saturated rings. The van der Waals surface area contributed by atoms with E-state index in [1.54, 1.807) is 12.1 Å². The summed E-state index contributed by atoms with van der Waals surface area (Å²) in [5, 5.41) is 16.8. The van der Waals surface area contributed by atoms with Crippen molar-refractivity contribution in [2.45, 2.75) is 11.7 Å². The van der Waals surface area contributed by atoms with Crippen molar-refractivity contribution in [1.29, 1.82) is 0 Å². The van der Waals surface area contributed by atoms with Crippen LogP contribution in [0.1, 0.15) is 16.8 Å². The van der Waals surface area contributed by atoms with Crippen molar-refractivity contribution in [1.82, 2.24) is 0 Å². The molecule has 2 N–H and O–H groups in total. The number of thioether (sulfide) groups is 1. The number of carbonyl (C=O) groups is 3. The van der Waals surface area contributed by atoms with Gasteiger partial charge in [0.05, 0.1) is 12.2 Å². The number of ketones is 1. The first-order chi connectivity index (χ1) is 8.90. The fourth-order valence-electron chi connectivity index (χ4n) is 1.27. The minimum Gasteiger partial charge on any atom is -0.481 e. The smallest absolute Gasteiger partial charge is 0.317 e. The number of carbonyl (C=O) groups excluding carboxylic acids is 1. The van der Waals surface area contributed by atoms with Crippen LogP contribution in [0.15, 0.2) is 24.3 Å². The molecule has 1 rings (SSSR count). The Balaban J connectivity index is 2.59. The van der Waals surface area contributed by atoms with E-state index in [-0.39, 0.29) is 11.5 Å². The third-order valence-corrected chi connectivity index (χ3v) is 3.67. The average molecular weight is 303 g/mol. The molecule has 0 bridgehead atoms. The standard InChI is InChI=1S/C12H11ClO5S/c13-8-3-1-7(2-4-8)9(14)6-19-10(12(17)18)5-11(15)16/h1-4,10H,5-6H2,(H,15,16)(H,17,18)/t10-/m1/s1. The lowest BCUT2D eigenvalue weighted by atomic mass is 10.1. The topological polar surface area (TPSA) is 91.7 Å². The molecule has 0 unspecified atom stereocenters. The fraction of sp³-hybridized carbons (Fsp3) is 0.250. The third kappa shape index (κ3) is 5.32. The van der Waals surface area contributed by atoms with Gasteiger partial charge in [-0.3, -0.25) is 14.4 Å². The second kappa shape index (κ2) is 7.16. The number of hydrogen-bond donors (Lipinski definition) is 2. The van der Waals surface area contributed by atoms with E-state index < -0.39 is 23.6 Å². The minimum absolute atomic E-state index is 0.0914. The first-order valence-corrected chi connectivity index (χ1v) is 6.68. The van der Waals surface area contributed by atoms with Gasteiger partial charge in [0, 0.05) is 10.6 Å². The van der Waals surface area contributed by atoms with Crippen molar-refractivity contribution >= 4 is 41.1 Å². The first kappa shape index (κ1) is 15.5. The van der Waals surface area contributed by atoms with Crippen molar-refractivity contribution in [3.8, 4) is 0 Å². The number of rotatable bonds is 7. The fourth-order valence-corrected chi connectivity index (χ4v) is 2.32. The van der Waals surface area contributed by atoms with E-state index in [2.05, 4.69) is 0 Å². The summed E-state index contributed by atoms with van der Waals surface area (Å²) in [6.07, 6.45) is -0.520. The zero-order valence-corrected chi connectivity index (χ0v) is 11.3. The molecule has 7 heteroatoms. The van der Waals surface area contributed by atoms with Crippen LogP contribution >= 0.6 is 23.4 Å². The Morgan fingerprint density at radius 2 is 1.74 bits per heavy atom. The van der Waals surface area contributed by atoms with Crippen molar-refractivity contribution in [3.05, 3.63) is 34.9 Å². The highest BCUT2D eigenvalue weighted by molar-refractivity contribution is 8.01. The summed E-state index contributed by atoms with van der Waals surface area (Å²) < 4.78 is 0. The molecule has 0 aliphatic carbocycles. The molecule has 1 aromatic rings. The minimum atomic E-state index is -1.24. The summed E-state index contributed by atoms with van der Waals surface area (Å²) in [5.74, 6) is -2.81. The van der Waals surface area contributed by atoms with Crippen LogP contribution in [-0.4, -0.2) is 38.9 Å². The molecule has 0 aromatic heterocycles. The molecule has 1 aromatic carbocycles. The first-order valence-electron chi connectivity index (χ1n) is 5.25. The second-order valence-corrected chi connectivity index (χ2v) is 5.29.